The summed E-state index contributed by atoms with van der Waals surface area (Å²) in [5.41, 5.74) is 9.56. The van der Waals surface area contributed by atoms with Gasteiger partial charge in [0.15, 0.2) is 0 Å². The maximum atomic E-state index is 6.04. The van der Waals surface area contributed by atoms with Crippen molar-refractivity contribution in [3.63, 3.8) is 0 Å². The van der Waals surface area contributed by atoms with E-state index < -0.39 is 0 Å². The van der Waals surface area contributed by atoms with Gasteiger partial charge < -0.3 is 5.73 Å². The molecule has 0 aliphatic carbocycles. The summed E-state index contributed by atoms with van der Waals surface area (Å²) in [6.45, 7) is 2.03. The Morgan fingerprint density at radius 2 is 1.79 bits per heavy atom. The van der Waals surface area contributed by atoms with Gasteiger partial charge in [-0.15, -0.1) is 0 Å². The molecule has 0 bridgehead atoms. The SMILES string of the molecule is Cc1ccccc1-c1nn(-c2ncccn2)cc1N. The zero-order valence-corrected chi connectivity index (χ0v) is 10.5. The molecule has 5 heteroatoms. The van der Waals surface area contributed by atoms with Crippen LogP contribution in [0, 0.1) is 6.92 Å². The molecule has 0 radical (unpaired) electrons. The van der Waals surface area contributed by atoms with Crippen molar-refractivity contribution >= 4 is 5.69 Å². The summed E-state index contributed by atoms with van der Waals surface area (Å²) in [7, 11) is 0. The van der Waals surface area contributed by atoms with Crippen molar-refractivity contribution in [1.29, 1.82) is 0 Å². The first-order valence-electron chi connectivity index (χ1n) is 5.94. The first-order valence-corrected chi connectivity index (χ1v) is 5.94. The van der Waals surface area contributed by atoms with Crippen LogP contribution in [-0.2, 0) is 0 Å². The highest BCUT2D eigenvalue weighted by Crippen LogP contribution is 2.27. The highest BCUT2D eigenvalue weighted by molar-refractivity contribution is 5.74. The third kappa shape index (κ3) is 2.06. The highest BCUT2D eigenvalue weighted by Gasteiger charge is 2.12. The normalized spacial score (nSPS) is 10.6. The van der Waals surface area contributed by atoms with Crippen LogP contribution in [0.5, 0.6) is 0 Å². The number of hydrogen-bond donors (Lipinski definition) is 1. The number of benzene rings is 1. The van der Waals surface area contributed by atoms with Crippen molar-refractivity contribution in [1.82, 2.24) is 19.7 Å². The van der Waals surface area contributed by atoms with Crippen LogP contribution in [0.2, 0.25) is 0 Å². The molecule has 3 aromatic rings. The summed E-state index contributed by atoms with van der Waals surface area (Å²) in [6, 6.07) is 9.77. The smallest absolute Gasteiger partial charge is 0.250 e. The van der Waals surface area contributed by atoms with Gasteiger partial charge in [-0.25, -0.2) is 14.6 Å². The van der Waals surface area contributed by atoms with E-state index in [0.717, 1.165) is 16.8 Å². The van der Waals surface area contributed by atoms with Crippen molar-refractivity contribution in [3.05, 3.63) is 54.5 Å². The summed E-state index contributed by atoms with van der Waals surface area (Å²) in [5, 5.41) is 4.48. The molecule has 94 valence electrons. The summed E-state index contributed by atoms with van der Waals surface area (Å²) < 4.78 is 1.59. The third-order valence-electron chi connectivity index (χ3n) is 2.90. The molecular formula is C14H13N5. The van der Waals surface area contributed by atoms with E-state index in [9.17, 15) is 0 Å². The Bertz CT molecular complexity index is 703. The van der Waals surface area contributed by atoms with Gasteiger partial charge in [-0.2, -0.15) is 5.10 Å². The number of anilines is 1. The van der Waals surface area contributed by atoms with E-state index in [1.165, 1.54) is 0 Å². The Labute approximate surface area is 110 Å². The predicted octanol–water partition coefficient (Wildman–Crippen LogP) is 2.22. The molecule has 0 saturated heterocycles. The van der Waals surface area contributed by atoms with Crippen LogP contribution in [-0.4, -0.2) is 19.7 Å². The van der Waals surface area contributed by atoms with Gasteiger partial charge >= 0.3 is 0 Å². The van der Waals surface area contributed by atoms with Gasteiger partial charge in [0.05, 0.1) is 11.9 Å². The van der Waals surface area contributed by atoms with Gasteiger partial charge in [0.2, 0.25) is 0 Å². The van der Waals surface area contributed by atoms with E-state index in [2.05, 4.69) is 15.1 Å². The van der Waals surface area contributed by atoms with Crippen LogP contribution in [0.1, 0.15) is 5.56 Å². The minimum absolute atomic E-state index is 0.508. The molecule has 0 spiro atoms. The van der Waals surface area contributed by atoms with Crippen molar-refractivity contribution in [3.8, 4) is 17.2 Å². The van der Waals surface area contributed by atoms with Crippen LogP contribution in [0.3, 0.4) is 0 Å². The number of aryl methyl sites for hydroxylation is 1. The van der Waals surface area contributed by atoms with Crippen LogP contribution in [0.15, 0.2) is 48.9 Å². The van der Waals surface area contributed by atoms with Gasteiger partial charge in [0, 0.05) is 18.0 Å². The molecule has 0 saturated carbocycles. The minimum Gasteiger partial charge on any atom is -0.396 e. The zero-order valence-electron chi connectivity index (χ0n) is 10.5. The molecule has 0 unspecified atom stereocenters. The number of nitrogens with two attached hydrogens (primary N) is 1. The number of aromatic nitrogens is 4. The minimum atomic E-state index is 0.508. The second-order valence-electron chi connectivity index (χ2n) is 4.24. The fraction of sp³-hybridized carbons (Fsp3) is 0.0714. The molecule has 2 aromatic heterocycles. The molecule has 5 nitrogen and oxygen atoms in total. The van der Waals surface area contributed by atoms with Crippen LogP contribution >= 0.6 is 0 Å². The Balaban J connectivity index is 2.11. The standard InChI is InChI=1S/C14H13N5/c1-10-5-2-3-6-11(10)13-12(15)9-19(18-13)14-16-7-4-8-17-14/h2-9H,15H2,1H3. The second-order valence-corrected chi connectivity index (χ2v) is 4.24. The lowest BCUT2D eigenvalue weighted by Gasteiger charge is -2.02. The second kappa shape index (κ2) is 4.53. The maximum Gasteiger partial charge on any atom is 0.250 e. The Morgan fingerprint density at radius 3 is 2.53 bits per heavy atom. The van der Waals surface area contributed by atoms with Crippen LogP contribution in [0.25, 0.3) is 17.2 Å². The molecule has 0 atom stereocenters. The van der Waals surface area contributed by atoms with E-state index in [-0.39, 0.29) is 0 Å². The van der Waals surface area contributed by atoms with E-state index in [4.69, 9.17) is 5.73 Å². The Morgan fingerprint density at radius 1 is 1.05 bits per heavy atom. The Hall–Kier alpha value is -2.69. The Kier molecular flexibility index (Phi) is 2.72. The third-order valence-corrected chi connectivity index (χ3v) is 2.90. The van der Waals surface area contributed by atoms with Gasteiger partial charge in [-0.1, -0.05) is 24.3 Å². The molecule has 2 N–H and O–H groups in total. The molecule has 0 aliphatic rings. The monoisotopic (exact) mass is 251 g/mol. The van der Waals surface area contributed by atoms with Crippen molar-refractivity contribution < 1.29 is 0 Å². The number of hydrogen-bond acceptors (Lipinski definition) is 4. The number of nitrogen functional groups attached to an aromatic ring is 1. The van der Waals surface area contributed by atoms with Crippen LogP contribution in [0.4, 0.5) is 5.69 Å². The first kappa shape index (κ1) is 11.4. The van der Waals surface area contributed by atoms with Crippen molar-refractivity contribution in [2.24, 2.45) is 0 Å². The molecule has 19 heavy (non-hydrogen) atoms. The number of rotatable bonds is 2. The lowest BCUT2D eigenvalue weighted by molar-refractivity contribution is 0.811. The zero-order chi connectivity index (χ0) is 13.2. The molecular weight excluding hydrogens is 238 g/mol. The summed E-state index contributed by atoms with van der Waals surface area (Å²) >= 11 is 0. The molecule has 0 aliphatic heterocycles. The quantitative estimate of drug-likeness (QED) is 0.758. The summed E-state index contributed by atoms with van der Waals surface area (Å²) in [5.74, 6) is 0.508. The van der Waals surface area contributed by atoms with E-state index in [0.29, 0.717) is 11.6 Å². The van der Waals surface area contributed by atoms with Crippen LogP contribution < -0.4 is 5.73 Å². The lowest BCUT2D eigenvalue weighted by Crippen LogP contribution is -2.00. The molecule has 0 amide bonds. The molecule has 2 heterocycles. The van der Waals surface area contributed by atoms with E-state index in [1.54, 1.807) is 29.3 Å². The maximum absolute atomic E-state index is 6.04. The van der Waals surface area contributed by atoms with Crippen molar-refractivity contribution in [2.45, 2.75) is 6.92 Å². The van der Waals surface area contributed by atoms with E-state index >= 15 is 0 Å². The predicted molar refractivity (Wildman–Crippen MR) is 73.7 cm³/mol. The highest BCUT2D eigenvalue weighted by atomic mass is 15.3. The van der Waals surface area contributed by atoms with Gasteiger partial charge in [-0.3, -0.25) is 0 Å². The fourth-order valence-corrected chi connectivity index (χ4v) is 1.95. The average molecular weight is 251 g/mol. The summed E-state index contributed by atoms with van der Waals surface area (Å²) in [4.78, 5) is 8.31. The largest absolute Gasteiger partial charge is 0.396 e. The fourth-order valence-electron chi connectivity index (χ4n) is 1.95. The topological polar surface area (TPSA) is 69.6 Å². The van der Waals surface area contributed by atoms with Gasteiger partial charge in [0.1, 0.15) is 5.69 Å². The molecule has 3 rings (SSSR count). The summed E-state index contributed by atoms with van der Waals surface area (Å²) in [6.07, 6.45) is 5.08. The first-order chi connectivity index (χ1) is 9.25. The molecule has 1 aromatic carbocycles. The van der Waals surface area contributed by atoms with E-state index in [1.807, 2.05) is 31.2 Å². The lowest BCUT2D eigenvalue weighted by atomic mass is 10.1. The van der Waals surface area contributed by atoms with Gasteiger partial charge in [0.25, 0.3) is 5.95 Å². The average Bonchev–Trinajstić information content (AvgIpc) is 2.82. The number of nitrogens with zero attached hydrogens (tertiary/aromatic N) is 4. The van der Waals surface area contributed by atoms with Crippen molar-refractivity contribution in [2.75, 3.05) is 5.73 Å². The van der Waals surface area contributed by atoms with Gasteiger partial charge in [-0.05, 0) is 18.6 Å². The molecule has 0 fully saturated rings.